The van der Waals surface area contributed by atoms with Crippen LogP contribution < -0.4 is 10.2 Å². The summed E-state index contributed by atoms with van der Waals surface area (Å²) < 4.78 is 0. The number of rotatable bonds is 6. The van der Waals surface area contributed by atoms with Crippen molar-refractivity contribution in [3.05, 3.63) is 58.7 Å². The van der Waals surface area contributed by atoms with Gasteiger partial charge in [0.2, 0.25) is 0 Å². The van der Waals surface area contributed by atoms with Gasteiger partial charge in [-0.2, -0.15) is 0 Å². The molecule has 0 aliphatic rings. The average molecular weight is 328 g/mol. The molecule has 1 aromatic heterocycles. The summed E-state index contributed by atoms with van der Waals surface area (Å²) in [4.78, 5) is 18.5. The first-order valence-corrected chi connectivity index (χ1v) is 7.73. The van der Waals surface area contributed by atoms with Crippen molar-refractivity contribution in [2.45, 2.75) is 6.92 Å². The third kappa shape index (κ3) is 4.73. The molecule has 4 nitrogen and oxygen atoms in total. The number of anilines is 1. The topological polar surface area (TPSA) is 45.2 Å². The van der Waals surface area contributed by atoms with Gasteiger partial charge in [-0.25, -0.2) is 4.98 Å². The molecule has 0 radical (unpaired) electrons. The van der Waals surface area contributed by atoms with Crippen molar-refractivity contribution in [2.24, 2.45) is 0 Å². The third-order valence-corrected chi connectivity index (χ3v) is 3.61. The molecule has 0 unspecified atom stereocenters. The Morgan fingerprint density at radius 1 is 1.39 bits per heavy atom. The summed E-state index contributed by atoms with van der Waals surface area (Å²) in [5.74, 6) is 3.24. The summed E-state index contributed by atoms with van der Waals surface area (Å²) in [6.07, 6.45) is 7.00. The molecule has 0 fully saturated rings. The molecular formula is C18H18ClN3O. The van der Waals surface area contributed by atoms with Gasteiger partial charge < -0.3 is 10.2 Å². The minimum absolute atomic E-state index is 0.140. The van der Waals surface area contributed by atoms with Crippen molar-refractivity contribution < 1.29 is 4.79 Å². The molecule has 23 heavy (non-hydrogen) atoms. The molecule has 1 amide bonds. The Labute approximate surface area is 141 Å². The molecule has 0 aliphatic carbocycles. The fourth-order valence-corrected chi connectivity index (χ4v) is 2.32. The predicted octanol–water partition coefficient (Wildman–Crippen LogP) is 2.97. The number of carbonyl (C=O) groups excluding carboxylic acids is 1. The summed E-state index contributed by atoms with van der Waals surface area (Å²) in [7, 11) is 0. The Morgan fingerprint density at radius 3 is 2.83 bits per heavy atom. The monoisotopic (exact) mass is 327 g/mol. The van der Waals surface area contributed by atoms with Crippen LogP contribution >= 0.6 is 11.6 Å². The van der Waals surface area contributed by atoms with E-state index in [1.807, 2.05) is 19.1 Å². The lowest BCUT2D eigenvalue weighted by molar-refractivity contribution is 0.0954. The van der Waals surface area contributed by atoms with E-state index in [1.54, 1.807) is 30.5 Å². The smallest absolute Gasteiger partial charge is 0.251 e. The second-order valence-electron chi connectivity index (χ2n) is 4.90. The zero-order chi connectivity index (χ0) is 16.7. The van der Waals surface area contributed by atoms with Gasteiger partial charge in [0, 0.05) is 42.0 Å². The molecule has 5 heteroatoms. The van der Waals surface area contributed by atoms with Gasteiger partial charge in [0.15, 0.2) is 0 Å². The minimum Gasteiger partial charge on any atom is -0.355 e. The zero-order valence-corrected chi connectivity index (χ0v) is 13.7. The van der Waals surface area contributed by atoms with Crippen LogP contribution in [0.4, 0.5) is 5.82 Å². The normalized spacial score (nSPS) is 9.96. The van der Waals surface area contributed by atoms with Crippen molar-refractivity contribution in [3.63, 3.8) is 0 Å². The number of nitrogens with zero attached hydrogens (tertiary/aromatic N) is 2. The number of hydrogen-bond donors (Lipinski definition) is 1. The Kier molecular flexibility index (Phi) is 6.02. The first-order chi connectivity index (χ1) is 11.1. The SMILES string of the molecule is C#Cc1ccc(N(CC)CCNC(=O)c2cccc(Cl)c2)nc1. The molecule has 2 rings (SSSR count). The van der Waals surface area contributed by atoms with Crippen molar-refractivity contribution in [1.29, 1.82) is 0 Å². The summed E-state index contributed by atoms with van der Waals surface area (Å²) in [6, 6.07) is 10.6. The van der Waals surface area contributed by atoms with Crippen LogP contribution in [0.2, 0.25) is 5.02 Å². The highest BCUT2D eigenvalue weighted by Crippen LogP contribution is 2.11. The van der Waals surface area contributed by atoms with Gasteiger partial charge in [0.1, 0.15) is 5.82 Å². The summed E-state index contributed by atoms with van der Waals surface area (Å²) in [5.41, 5.74) is 1.30. The van der Waals surface area contributed by atoms with Crippen molar-refractivity contribution in [3.8, 4) is 12.3 Å². The van der Waals surface area contributed by atoms with Crippen LogP contribution in [0.1, 0.15) is 22.8 Å². The highest BCUT2D eigenvalue weighted by atomic mass is 35.5. The van der Waals surface area contributed by atoms with Crippen LogP contribution in [-0.2, 0) is 0 Å². The van der Waals surface area contributed by atoms with Crippen molar-refractivity contribution in [1.82, 2.24) is 10.3 Å². The van der Waals surface area contributed by atoms with Crippen molar-refractivity contribution >= 4 is 23.3 Å². The Bertz CT molecular complexity index is 707. The number of amides is 1. The van der Waals surface area contributed by atoms with Gasteiger partial charge >= 0.3 is 0 Å². The van der Waals surface area contributed by atoms with Gasteiger partial charge in [0.25, 0.3) is 5.91 Å². The molecular weight excluding hydrogens is 310 g/mol. The van der Waals surface area contributed by atoms with E-state index in [-0.39, 0.29) is 5.91 Å². The number of carbonyl (C=O) groups is 1. The van der Waals surface area contributed by atoms with Crippen LogP contribution in [-0.4, -0.2) is 30.5 Å². The van der Waals surface area contributed by atoms with E-state index in [1.165, 1.54) is 0 Å². The lowest BCUT2D eigenvalue weighted by Gasteiger charge is -2.22. The van der Waals surface area contributed by atoms with Gasteiger partial charge in [-0.1, -0.05) is 23.6 Å². The number of pyridine rings is 1. The van der Waals surface area contributed by atoms with Crippen LogP contribution in [0.15, 0.2) is 42.6 Å². The number of likely N-dealkylation sites (N-methyl/N-ethyl adjacent to an activating group) is 1. The molecule has 118 valence electrons. The second-order valence-corrected chi connectivity index (χ2v) is 5.33. The molecule has 0 saturated carbocycles. The zero-order valence-electron chi connectivity index (χ0n) is 12.9. The van der Waals surface area contributed by atoms with Crippen LogP contribution in [0.5, 0.6) is 0 Å². The van der Waals surface area contributed by atoms with E-state index in [0.29, 0.717) is 23.7 Å². The average Bonchev–Trinajstić information content (AvgIpc) is 2.59. The second kappa shape index (κ2) is 8.21. The number of aromatic nitrogens is 1. The lowest BCUT2D eigenvalue weighted by atomic mass is 10.2. The molecule has 0 bridgehead atoms. The van der Waals surface area contributed by atoms with Crippen LogP contribution in [0, 0.1) is 12.3 Å². The maximum Gasteiger partial charge on any atom is 0.251 e. The summed E-state index contributed by atoms with van der Waals surface area (Å²) in [6.45, 7) is 3.99. The molecule has 0 saturated heterocycles. The fourth-order valence-electron chi connectivity index (χ4n) is 2.13. The largest absolute Gasteiger partial charge is 0.355 e. The fraction of sp³-hybridized carbons (Fsp3) is 0.222. The van der Waals surface area contributed by atoms with E-state index in [2.05, 4.69) is 21.1 Å². The third-order valence-electron chi connectivity index (χ3n) is 3.37. The van der Waals surface area contributed by atoms with E-state index in [0.717, 1.165) is 17.9 Å². The highest BCUT2D eigenvalue weighted by molar-refractivity contribution is 6.30. The van der Waals surface area contributed by atoms with Crippen LogP contribution in [0.3, 0.4) is 0 Å². The predicted molar refractivity (Wildman–Crippen MR) is 93.8 cm³/mol. The first-order valence-electron chi connectivity index (χ1n) is 7.35. The highest BCUT2D eigenvalue weighted by Gasteiger charge is 2.08. The number of terminal acetylenes is 1. The molecule has 2 aromatic rings. The molecule has 1 N–H and O–H groups in total. The van der Waals surface area contributed by atoms with E-state index < -0.39 is 0 Å². The minimum atomic E-state index is -0.140. The summed E-state index contributed by atoms with van der Waals surface area (Å²) >= 11 is 5.89. The molecule has 0 aliphatic heterocycles. The number of halogens is 1. The standard InChI is InChI=1S/C18H18ClN3O/c1-3-14-8-9-17(21-13-14)22(4-2)11-10-20-18(23)15-6-5-7-16(19)12-15/h1,5-9,12-13H,4,10-11H2,2H3,(H,20,23). The van der Waals surface area contributed by atoms with E-state index in [9.17, 15) is 4.79 Å². The maximum atomic E-state index is 12.1. The number of benzene rings is 1. The van der Waals surface area contributed by atoms with E-state index >= 15 is 0 Å². The molecule has 1 aromatic carbocycles. The number of nitrogens with one attached hydrogen (secondary N) is 1. The number of hydrogen-bond acceptors (Lipinski definition) is 3. The Balaban J connectivity index is 1.90. The lowest BCUT2D eigenvalue weighted by Crippen LogP contribution is -2.35. The van der Waals surface area contributed by atoms with Crippen LogP contribution in [0.25, 0.3) is 0 Å². The Hall–Kier alpha value is -2.51. The maximum absolute atomic E-state index is 12.1. The Morgan fingerprint density at radius 2 is 2.22 bits per heavy atom. The molecule has 0 atom stereocenters. The van der Waals surface area contributed by atoms with Gasteiger partial charge in [-0.15, -0.1) is 6.42 Å². The van der Waals surface area contributed by atoms with Gasteiger partial charge in [0.05, 0.1) is 0 Å². The summed E-state index contributed by atoms with van der Waals surface area (Å²) in [5, 5.41) is 3.43. The quantitative estimate of drug-likeness (QED) is 0.830. The van der Waals surface area contributed by atoms with Crippen molar-refractivity contribution in [2.75, 3.05) is 24.5 Å². The molecule has 1 heterocycles. The van der Waals surface area contributed by atoms with E-state index in [4.69, 9.17) is 18.0 Å². The molecule has 0 spiro atoms. The first kappa shape index (κ1) is 16.9. The van der Waals surface area contributed by atoms with Gasteiger partial charge in [-0.3, -0.25) is 4.79 Å². The van der Waals surface area contributed by atoms with Gasteiger partial charge in [-0.05, 0) is 37.3 Å².